The first-order chi connectivity index (χ1) is 13.9. The molecular weight excluding hydrogens is 426 g/mol. The van der Waals surface area contributed by atoms with Gasteiger partial charge in [-0.1, -0.05) is 18.2 Å². The number of fused-ring (bicyclic) bond motifs is 1. The molecule has 2 aromatic rings. The maximum absolute atomic E-state index is 13.4. The number of hydrogen-bond donors (Lipinski definition) is 0. The van der Waals surface area contributed by atoms with E-state index < -0.39 is 32.8 Å². The Kier molecular flexibility index (Phi) is 6.13. The third kappa shape index (κ3) is 4.45. The molecule has 164 valence electrons. The average Bonchev–Trinajstić information content (AvgIpc) is 3.00. The SMILES string of the molecule is CN(C)CCCC1(c2ccc(F)cc2)OCc2cc(OS(=O)(=O)C(F)(F)F)ccc21. The van der Waals surface area contributed by atoms with Gasteiger partial charge in [-0.2, -0.15) is 21.6 Å². The van der Waals surface area contributed by atoms with Crippen LogP contribution >= 0.6 is 0 Å². The Morgan fingerprint density at radius 1 is 1.13 bits per heavy atom. The number of alkyl halides is 3. The molecule has 30 heavy (non-hydrogen) atoms. The van der Waals surface area contributed by atoms with Crippen LogP contribution in [0.1, 0.15) is 29.5 Å². The van der Waals surface area contributed by atoms with Crippen LogP contribution in [-0.4, -0.2) is 39.5 Å². The molecule has 1 aliphatic heterocycles. The van der Waals surface area contributed by atoms with Crippen molar-refractivity contribution in [3.63, 3.8) is 0 Å². The van der Waals surface area contributed by atoms with Gasteiger partial charge < -0.3 is 13.8 Å². The molecule has 0 N–H and O–H groups in total. The Hall–Kier alpha value is -2.17. The van der Waals surface area contributed by atoms with Crippen LogP contribution in [0.4, 0.5) is 17.6 Å². The Balaban J connectivity index is 1.97. The van der Waals surface area contributed by atoms with Gasteiger partial charge in [-0.3, -0.25) is 0 Å². The zero-order chi connectivity index (χ0) is 22.2. The van der Waals surface area contributed by atoms with E-state index in [9.17, 15) is 26.0 Å². The van der Waals surface area contributed by atoms with Gasteiger partial charge in [-0.15, -0.1) is 0 Å². The molecule has 0 radical (unpaired) electrons. The first-order valence-electron chi connectivity index (χ1n) is 9.13. The highest BCUT2D eigenvalue weighted by molar-refractivity contribution is 7.88. The van der Waals surface area contributed by atoms with Crippen LogP contribution in [0.2, 0.25) is 0 Å². The van der Waals surface area contributed by atoms with Crippen molar-refractivity contribution in [3.8, 4) is 5.75 Å². The summed E-state index contributed by atoms with van der Waals surface area (Å²) in [5, 5.41) is 0. The van der Waals surface area contributed by atoms with Crippen molar-refractivity contribution < 1.29 is 34.9 Å². The lowest BCUT2D eigenvalue weighted by atomic mass is 9.82. The predicted octanol–water partition coefficient (Wildman–Crippen LogP) is 4.17. The Morgan fingerprint density at radius 3 is 2.40 bits per heavy atom. The average molecular weight is 447 g/mol. The van der Waals surface area contributed by atoms with Crippen LogP contribution in [0.15, 0.2) is 42.5 Å². The summed E-state index contributed by atoms with van der Waals surface area (Å²) in [6, 6.07) is 9.76. The van der Waals surface area contributed by atoms with Gasteiger partial charge in [0.2, 0.25) is 0 Å². The van der Waals surface area contributed by atoms with E-state index in [1.807, 2.05) is 19.0 Å². The van der Waals surface area contributed by atoms with Gasteiger partial charge in [0.15, 0.2) is 0 Å². The maximum Gasteiger partial charge on any atom is 0.534 e. The van der Waals surface area contributed by atoms with Gasteiger partial charge in [-0.05, 0) is 74.4 Å². The fourth-order valence-corrected chi connectivity index (χ4v) is 3.99. The lowest BCUT2D eigenvalue weighted by Crippen LogP contribution is -2.29. The van der Waals surface area contributed by atoms with Crippen molar-refractivity contribution in [2.75, 3.05) is 20.6 Å². The summed E-state index contributed by atoms with van der Waals surface area (Å²) >= 11 is 0. The minimum absolute atomic E-state index is 0.0535. The van der Waals surface area contributed by atoms with Gasteiger partial charge in [0.1, 0.15) is 17.2 Å². The maximum atomic E-state index is 13.4. The second-order valence-electron chi connectivity index (χ2n) is 7.33. The molecule has 3 rings (SSSR count). The van der Waals surface area contributed by atoms with Crippen molar-refractivity contribution in [1.29, 1.82) is 0 Å². The van der Waals surface area contributed by atoms with Crippen molar-refractivity contribution in [2.45, 2.75) is 30.6 Å². The third-order valence-corrected chi connectivity index (χ3v) is 5.90. The molecule has 0 fully saturated rings. The van der Waals surface area contributed by atoms with Crippen LogP contribution < -0.4 is 4.18 Å². The van der Waals surface area contributed by atoms with Crippen molar-refractivity contribution in [3.05, 3.63) is 65.0 Å². The molecule has 0 aliphatic carbocycles. The summed E-state index contributed by atoms with van der Waals surface area (Å²) in [7, 11) is -1.91. The standard InChI is InChI=1S/C20H21F4NO4S/c1-25(2)11-3-10-19(15-4-6-16(21)7-5-15)18-9-8-17(12-14(18)13-28-19)29-30(26,27)20(22,23)24/h4-9,12H,3,10-11,13H2,1-2H3. The first kappa shape index (κ1) is 22.5. The smallest absolute Gasteiger partial charge is 0.376 e. The Labute approximate surface area is 172 Å². The van der Waals surface area contributed by atoms with E-state index in [4.69, 9.17) is 4.74 Å². The molecule has 0 bridgehead atoms. The number of hydrogen-bond acceptors (Lipinski definition) is 5. The second-order valence-corrected chi connectivity index (χ2v) is 8.87. The minimum Gasteiger partial charge on any atom is -0.376 e. The molecule has 1 heterocycles. The highest BCUT2D eigenvalue weighted by Gasteiger charge is 2.49. The highest BCUT2D eigenvalue weighted by Crippen LogP contribution is 2.46. The molecule has 1 unspecified atom stereocenters. The number of ether oxygens (including phenoxy) is 1. The molecule has 0 saturated heterocycles. The fraction of sp³-hybridized carbons (Fsp3) is 0.400. The zero-order valence-electron chi connectivity index (χ0n) is 16.4. The summed E-state index contributed by atoms with van der Waals surface area (Å²) in [5.41, 5.74) is -4.53. The van der Waals surface area contributed by atoms with Gasteiger partial charge in [0.25, 0.3) is 0 Å². The topological polar surface area (TPSA) is 55.8 Å². The van der Waals surface area contributed by atoms with E-state index in [0.29, 0.717) is 23.1 Å². The van der Waals surface area contributed by atoms with E-state index >= 15 is 0 Å². The summed E-state index contributed by atoms with van der Waals surface area (Å²) in [6.07, 6.45) is 1.29. The van der Waals surface area contributed by atoms with E-state index in [1.165, 1.54) is 30.3 Å². The monoisotopic (exact) mass is 447 g/mol. The lowest BCUT2D eigenvalue weighted by molar-refractivity contribution is -0.0500. The summed E-state index contributed by atoms with van der Waals surface area (Å²) in [4.78, 5) is 2.01. The lowest BCUT2D eigenvalue weighted by Gasteiger charge is -2.31. The fourth-order valence-electron chi connectivity index (χ4n) is 3.54. The van der Waals surface area contributed by atoms with Crippen molar-refractivity contribution in [1.82, 2.24) is 4.90 Å². The van der Waals surface area contributed by atoms with Crippen LogP contribution in [0, 0.1) is 5.82 Å². The van der Waals surface area contributed by atoms with E-state index in [0.717, 1.165) is 13.0 Å². The van der Waals surface area contributed by atoms with Crippen molar-refractivity contribution >= 4 is 10.1 Å². The normalized spacial score (nSPS) is 19.2. The molecule has 0 aromatic heterocycles. The molecule has 0 saturated carbocycles. The summed E-state index contributed by atoms with van der Waals surface area (Å²) in [6.45, 7) is 0.824. The molecule has 5 nitrogen and oxygen atoms in total. The quantitative estimate of drug-likeness (QED) is 0.362. The van der Waals surface area contributed by atoms with Crippen LogP contribution in [0.5, 0.6) is 5.75 Å². The van der Waals surface area contributed by atoms with Gasteiger partial charge in [-0.25, -0.2) is 4.39 Å². The largest absolute Gasteiger partial charge is 0.534 e. The molecular formula is C20H21F4NO4S. The molecule has 1 atom stereocenters. The third-order valence-electron chi connectivity index (χ3n) is 4.92. The van der Waals surface area contributed by atoms with Gasteiger partial charge in [0.05, 0.1) is 6.61 Å². The second kappa shape index (κ2) is 8.16. The molecule has 0 amide bonds. The van der Waals surface area contributed by atoms with E-state index in [1.54, 1.807) is 12.1 Å². The minimum atomic E-state index is -5.77. The number of halogens is 4. The van der Waals surface area contributed by atoms with Crippen LogP contribution in [0.3, 0.4) is 0 Å². The van der Waals surface area contributed by atoms with Crippen LogP contribution in [-0.2, 0) is 27.1 Å². The van der Waals surface area contributed by atoms with Gasteiger partial charge >= 0.3 is 15.6 Å². The molecule has 10 heteroatoms. The molecule has 0 spiro atoms. The summed E-state index contributed by atoms with van der Waals surface area (Å²) in [5.74, 6) is -0.848. The van der Waals surface area contributed by atoms with Crippen molar-refractivity contribution in [2.24, 2.45) is 0 Å². The number of rotatable bonds is 7. The van der Waals surface area contributed by atoms with Crippen LogP contribution in [0.25, 0.3) is 0 Å². The van der Waals surface area contributed by atoms with Gasteiger partial charge in [0, 0.05) is 0 Å². The molecule has 2 aromatic carbocycles. The first-order valence-corrected chi connectivity index (χ1v) is 10.5. The predicted molar refractivity (Wildman–Crippen MR) is 102 cm³/mol. The Bertz CT molecular complexity index is 1010. The zero-order valence-corrected chi connectivity index (χ0v) is 17.2. The van der Waals surface area contributed by atoms with E-state index in [2.05, 4.69) is 4.18 Å². The molecule has 1 aliphatic rings. The number of benzene rings is 2. The highest BCUT2D eigenvalue weighted by atomic mass is 32.2. The van der Waals surface area contributed by atoms with E-state index in [-0.39, 0.29) is 6.61 Å². The Morgan fingerprint density at radius 2 is 1.80 bits per heavy atom. The number of nitrogens with zero attached hydrogens (tertiary/aromatic N) is 1. The summed E-state index contributed by atoms with van der Waals surface area (Å²) < 4.78 is 84.2.